The summed E-state index contributed by atoms with van der Waals surface area (Å²) >= 11 is 5.25. The predicted octanol–water partition coefficient (Wildman–Crippen LogP) is 3.28. The van der Waals surface area contributed by atoms with Crippen molar-refractivity contribution in [1.82, 2.24) is 9.78 Å². The number of hydrogen-bond acceptors (Lipinski definition) is 4. The van der Waals surface area contributed by atoms with Crippen molar-refractivity contribution in [2.24, 2.45) is 7.05 Å². The van der Waals surface area contributed by atoms with Crippen LogP contribution in [0, 0.1) is 0 Å². The lowest BCUT2D eigenvalue weighted by molar-refractivity contribution is 0.703. The van der Waals surface area contributed by atoms with E-state index in [9.17, 15) is 4.79 Å². The summed E-state index contributed by atoms with van der Waals surface area (Å²) in [6, 6.07) is 10.4. The fourth-order valence-electron chi connectivity index (χ4n) is 2.08. The summed E-state index contributed by atoms with van der Waals surface area (Å²) < 4.78 is 2.10. The van der Waals surface area contributed by atoms with E-state index in [0.717, 1.165) is 12.2 Å². The fraction of sp³-hybridized carbons (Fsp3) is 0.333. The monoisotopic (exact) mass is 365 g/mol. The van der Waals surface area contributed by atoms with Gasteiger partial charge in [-0.25, -0.2) is 4.68 Å². The van der Waals surface area contributed by atoms with Crippen LogP contribution in [0.15, 0.2) is 50.7 Å². The number of nitrogens with zero attached hydrogens (tertiary/aromatic N) is 2. The zero-order valence-corrected chi connectivity index (χ0v) is 14.1. The number of anilines is 1. The molecule has 0 saturated heterocycles. The Labute approximate surface area is 136 Å². The molecule has 0 radical (unpaired) electrons. The van der Waals surface area contributed by atoms with Crippen LogP contribution in [-0.2, 0) is 7.05 Å². The number of aromatic nitrogens is 2. The van der Waals surface area contributed by atoms with Crippen molar-refractivity contribution in [3.8, 4) is 0 Å². The summed E-state index contributed by atoms with van der Waals surface area (Å²) in [4.78, 5) is 13.1. The number of halogens is 1. The Morgan fingerprint density at radius 3 is 2.76 bits per heavy atom. The first kappa shape index (κ1) is 14.7. The normalized spacial score (nSPS) is 15.7. The summed E-state index contributed by atoms with van der Waals surface area (Å²) in [5.41, 5.74) is 0.638. The van der Waals surface area contributed by atoms with Gasteiger partial charge in [-0.1, -0.05) is 18.2 Å². The first-order valence-electron chi connectivity index (χ1n) is 6.79. The number of thioether (sulfide) groups is 1. The van der Waals surface area contributed by atoms with Crippen molar-refractivity contribution in [1.29, 1.82) is 0 Å². The third kappa shape index (κ3) is 3.32. The van der Waals surface area contributed by atoms with Crippen LogP contribution in [0.2, 0.25) is 0 Å². The second kappa shape index (κ2) is 5.85. The van der Waals surface area contributed by atoms with Gasteiger partial charge in [-0.05, 0) is 40.9 Å². The summed E-state index contributed by atoms with van der Waals surface area (Å²) in [7, 11) is 1.64. The van der Waals surface area contributed by atoms with Gasteiger partial charge in [0.05, 0.1) is 11.9 Å². The highest BCUT2D eigenvalue weighted by atomic mass is 79.9. The van der Waals surface area contributed by atoms with Crippen molar-refractivity contribution >= 4 is 33.4 Å². The van der Waals surface area contributed by atoms with E-state index in [1.165, 1.54) is 22.4 Å². The van der Waals surface area contributed by atoms with Gasteiger partial charge in [-0.15, -0.1) is 11.8 Å². The van der Waals surface area contributed by atoms with Crippen LogP contribution in [0.1, 0.15) is 12.8 Å². The number of nitrogens with one attached hydrogen (secondary N) is 1. The maximum absolute atomic E-state index is 11.8. The molecule has 1 aliphatic carbocycles. The van der Waals surface area contributed by atoms with E-state index in [0.29, 0.717) is 4.47 Å². The first-order valence-corrected chi connectivity index (χ1v) is 8.40. The number of rotatable bonds is 5. The minimum atomic E-state index is -0.124. The third-order valence-corrected chi connectivity index (χ3v) is 5.82. The molecule has 0 spiro atoms. The quantitative estimate of drug-likeness (QED) is 0.882. The minimum absolute atomic E-state index is 0.124. The van der Waals surface area contributed by atoms with Crippen molar-refractivity contribution in [2.45, 2.75) is 22.5 Å². The molecule has 1 aromatic carbocycles. The summed E-state index contributed by atoms with van der Waals surface area (Å²) in [5.74, 6) is 0. The number of hydrogen-bond donors (Lipinski definition) is 1. The van der Waals surface area contributed by atoms with E-state index in [1.54, 1.807) is 13.2 Å². The lowest BCUT2D eigenvalue weighted by Crippen LogP contribution is -2.24. The van der Waals surface area contributed by atoms with E-state index in [1.807, 2.05) is 17.8 Å². The summed E-state index contributed by atoms with van der Waals surface area (Å²) in [6.07, 6.45) is 4.07. The molecule has 0 amide bonds. The molecular weight excluding hydrogens is 350 g/mol. The van der Waals surface area contributed by atoms with E-state index < -0.39 is 0 Å². The largest absolute Gasteiger partial charge is 0.381 e. The minimum Gasteiger partial charge on any atom is -0.381 e. The summed E-state index contributed by atoms with van der Waals surface area (Å²) in [6.45, 7) is 0.833. The molecule has 1 saturated carbocycles. The second-order valence-corrected chi connectivity index (χ2v) is 7.59. The molecule has 1 aromatic heterocycles. The molecule has 6 heteroatoms. The Morgan fingerprint density at radius 1 is 1.38 bits per heavy atom. The van der Waals surface area contributed by atoms with Gasteiger partial charge in [0.1, 0.15) is 4.47 Å². The van der Waals surface area contributed by atoms with E-state index in [-0.39, 0.29) is 10.3 Å². The molecule has 1 fully saturated rings. The van der Waals surface area contributed by atoms with Gasteiger partial charge in [0.15, 0.2) is 0 Å². The Hall–Kier alpha value is -1.27. The topological polar surface area (TPSA) is 46.9 Å². The van der Waals surface area contributed by atoms with Crippen LogP contribution in [0.3, 0.4) is 0 Å². The standard InChI is InChI=1S/C15H16BrN3OS/c1-19-14(20)13(16)12(9-18-19)17-10-15(7-8-15)21-11-5-3-2-4-6-11/h2-6,9,17H,7-8,10H2,1H3. The van der Waals surface area contributed by atoms with Gasteiger partial charge in [0, 0.05) is 23.2 Å². The lowest BCUT2D eigenvalue weighted by Gasteiger charge is -2.17. The highest BCUT2D eigenvalue weighted by molar-refractivity contribution is 9.10. The van der Waals surface area contributed by atoms with Crippen LogP contribution in [-0.4, -0.2) is 21.1 Å². The van der Waals surface area contributed by atoms with Crippen molar-refractivity contribution in [3.05, 3.63) is 51.4 Å². The van der Waals surface area contributed by atoms with Crippen molar-refractivity contribution < 1.29 is 0 Å². The van der Waals surface area contributed by atoms with Gasteiger partial charge in [-0.2, -0.15) is 5.10 Å². The fourth-order valence-corrected chi connectivity index (χ4v) is 3.83. The summed E-state index contributed by atoms with van der Waals surface area (Å²) in [5, 5.41) is 7.41. The molecule has 0 unspecified atom stereocenters. The first-order chi connectivity index (χ1) is 10.1. The molecule has 0 atom stereocenters. The molecule has 1 heterocycles. The van der Waals surface area contributed by atoms with Crippen LogP contribution >= 0.6 is 27.7 Å². The molecule has 0 aliphatic heterocycles. The maximum Gasteiger partial charge on any atom is 0.282 e. The maximum atomic E-state index is 11.8. The molecule has 1 N–H and O–H groups in total. The Balaban J connectivity index is 1.68. The van der Waals surface area contributed by atoms with Crippen LogP contribution in [0.5, 0.6) is 0 Å². The Morgan fingerprint density at radius 2 is 2.10 bits per heavy atom. The Kier molecular flexibility index (Phi) is 4.08. The molecule has 2 aromatic rings. The average Bonchev–Trinajstić information content (AvgIpc) is 3.25. The molecule has 0 bridgehead atoms. The molecular formula is C15H16BrN3OS. The van der Waals surface area contributed by atoms with Crippen LogP contribution < -0.4 is 10.9 Å². The molecule has 4 nitrogen and oxygen atoms in total. The average molecular weight is 366 g/mol. The zero-order chi connectivity index (χ0) is 14.9. The number of aryl methyl sites for hydroxylation is 1. The molecule has 21 heavy (non-hydrogen) atoms. The van der Waals surface area contributed by atoms with Crippen LogP contribution in [0.25, 0.3) is 0 Å². The molecule has 3 rings (SSSR count). The van der Waals surface area contributed by atoms with Gasteiger partial charge < -0.3 is 5.32 Å². The van der Waals surface area contributed by atoms with Crippen molar-refractivity contribution in [3.63, 3.8) is 0 Å². The SMILES string of the molecule is Cn1ncc(NCC2(Sc3ccccc3)CC2)c(Br)c1=O. The highest BCUT2D eigenvalue weighted by Crippen LogP contribution is 2.51. The van der Waals surface area contributed by atoms with Crippen molar-refractivity contribution in [2.75, 3.05) is 11.9 Å². The van der Waals surface area contributed by atoms with Gasteiger partial charge in [0.25, 0.3) is 5.56 Å². The molecule has 110 valence electrons. The lowest BCUT2D eigenvalue weighted by atomic mass is 10.3. The Bertz CT molecular complexity index is 698. The third-order valence-electron chi connectivity index (χ3n) is 3.56. The second-order valence-electron chi connectivity index (χ2n) is 5.25. The van der Waals surface area contributed by atoms with Crippen LogP contribution in [0.4, 0.5) is 5.69 Å². The predicted molar refractivity (Wildman–Crippen MR) is 89.9 cm³/mol. The van der Waals surface area contributed by atoms with E-state index >= 15 is 0 Å². The van der Waals surface area contributed by atoms with Gasteiger partial charge >= 0.3 is 0 Å². The van der Waals surface area contributed by atoms with E-state index in [4.69, 9.17) is 0 Å². The smallest absolute Gasteiger partial charge is 0.282 e. The number of benzene rings is 1. The van der Waals surface area contributed by atoms with Gasteiger partial charge in [-0.3, -0.25) is 4.79 Å². The van der Waals surface area contributed by atoms with E-state index in [2.05, 4.69) is 50.6 Å². The highest BCUT2D eigenvalue weighted by Gasteiger charge is 2.43. The zero-order valence-electron chi connectivity index (χ0n) is 11.7. The molecule has 1 aliphatic rings. The van der Waals surface area contributed by atoms with Gasteiger partial charge in [0.2, 0.25) is 0 Å².